The van der Waals surface area contributed by atoms with Crippen molar-refractivity contribution in [2.45, 2.75) is 20.4 Å². The van der Waals surface area contributed by atoms with Gasteiger partial charge >= 0.3 is 0 Å². The summed E-state index contributed by atoms with van der Waals surface area (Å²) in [6.07, 6.45) is 0. The van der Waals surface area contributed by atoms with Crippen molar-refractivity contribution in [2.75, 3.05) is 5.32 Å². The van der Waals surface area contributed by atoms with Crippen LogP contribution in [0.5, 0.6) is 0 Å². The molecule has 2 aromatic heterocycles. The molecule has 0 aliphatic heterocycles. The molecule has 0 aliphatic carbocycles. The van der Waals surface area contributed by atoms with Gasteiger partial charge in [-0.25, -0.2) is 9.37 Å². The molecule has 3 aromatic rings. The molecule has 0 saturated carbocycles. The predicted molar refractivity (Wildman–Crippen MR) is 80.7 cm³/mol. The van der Waals surface area contributed by atoms with E-state index in [9.17, 15) is 4.39 Å². The van der Waals surface area contributed by atoms with Gasteiger partial charge < -0.3 is 5.32 Å². The Bertz CT molecular complexity index is 711. The number of aromatic nitrogens is 1. The molecule has 3 rings (SSSR count). The van der Waals surface area contributed by atoms with Crippen LogP contribution in [0, 0.1) is 19.7 Å². The Labute approximate surface area is 118 Å². The molecule has 0 spiro atoms. The van der Waals surface area contributed by atoms with Gasteiger partial charge in [-0.15, -0.1) is 11.3 Å². The van der Waals surface area contributed by atoms with Gasteiger partial charge in [-0.2, -0.15) is 0 Å². The second kappa shape index (κ2) is 4.90. The first-order valence-corrected chi connectivity index (χ1v) is 7.61. The topological polar surface area (TPSA) is 24.9 Å². The highest BCUT2D eigenvalue weighted by molar-refractivity contribution is 7.22. The summed E-state index contributed by atoms with van der Waals surface area (Å²) in [5.74, 6) is -0.216. The van der Waals surface area contributed by atoms with Gasteiger partial charge in [0.25, 0.3) is 0 Å². The zero-order chi connectivity index (χ0) is 13.4. The maximum Gasteiger partial charge on any atom is 0.184 e. The van der Waals surface area contributed by atoms with E-state index in [0.29, 0.717) is 0 Å². The molecule has 2 heterocycles. The van der Waals surface area contributed by atoms with Gasteiger partial charge in [0, 0.05) is 9.75 Å². The summed E-state index contributed by atoms with van der Waals surface area (Å²) >= 11 is 3.28. The minimum absolute atomic E-state index is 0.216. The van der Waals surface area contributed by atoms with E-state index < -0.39 is 0 Å². The van der Waals surface area contributed by atoms with E-state index in [1.807, 2.05) is 0 Å². The van der Waals surface area contributed by atoms with Crippen molar-refractivity contribution in [1.82, 2.24) is 4.98 Å². The summed E-state index contributed by atoms with van der Waals surface area (Å²) in [6.45, 7) is 5.02. The quantitative estimate of drug-likeness (QED) is 0.755. The highest BCUT2D eigenvalue weighted by Crippen LogP contribution is 2.28. The number of aryl methyl sites for hydroxylation is 2. The van der Waals surface area contributed by atoms with Crippen LogP contribution in [0.3, 0.4) is 0 Å². The minimum atomic E-state index is -0.216. The fraction of sp³-hybridized carbons (Fsp3) is 0.214. The maximum atomic E-state index is 13.1. The monoisotopic (exact) mass is 292 g/mol. The number of benzene rings is 1. The molecule has 98 valence electrons. The van der Waals surface area contributed by atoms with Crippen LogP contribution in [-0.4, -0.2) is 4.98 Å². The molecule has 5 heteroatoms. The third-order valence-electron chi connectivity index (χ3n) is 2.98. The Morgan fingerprint density at radius 3 is 2.79 bits per heavy atom. The number of hydrogen-bond donors (Lipinski definition) is 1. The highest BCUT2D eigenvalue weighted by atomic mass is 32.1. The number of anilines is 1. The first-order chi connectivity index (χ1) is 9.11. The van der Waals surface area contributed by atoms with E-state index in [2.05, 4.69) is 30.2 Å². The lowest BCUT2D eigenvalue weighted by molar-refractivity contribution is 0.630. The average Bonchev–Trinajstić information content (AvgIpc) is 2.90. The van der Waals surface area contributed by atoms with Crippen molar-refractivity contribution in [3.63, 3.8) is 0 Å². The zero-order valence-corrected chi connectivity index (χ0v) is 12.3. The standard InChI is InChI=1S/C14H13FN2S2/c1-8-5-11(18-9(8)2)7-16-14-17-12-4-3-10(15)6-13(12)19-14/h3-6H,7H2,1-2H3,(H,16,17). The van der Waals surface area contributed by atoms with Crippen LogP contribution in [0.1, 0.15) is 15.3 Å². The molecule has 0 saturated heterocycles. The smallest absolute Gasteiger partial charge is 0.184 e. The van der Waals surface area contributed by atoms with Crippen molar-refractivity contribution in [3.8, 4) is 0 Å². The minimum Gasteiger partial charge on any atom is -0.357 e. The van der Waals surface area contributed by atoms with E-state index in [1.54, 1.807) is 17.4 Å². The zero-order valence-electron chi connectivity index (χ0n) is 10.7. The van der Waals surface area contributed by atoms with E-state index >= 15 is 0 Å². The fourth-order valence-corrected chi connectivity index (χ4v) is 3.75. The van der Waals surface area contributed by atoms with Crippen LogP contribution in [0.2, 0.25) is 0 Å². The Hall–Kier alpha value is -1.46. The molecule has 1 aromatic carbocycles. The number of thiophene rings is 1. The number of hydrogen-bond acceptors (Lipinski definition) is 4. The molecule has 0 unspecified atom stereocenters. The number of rotatable bonds is 3. The van der Waals surface area contributed by atoms with Gasteiger partial charge in [-0.3, -0.25) is 0 Å². The van der Waals surface area contributed by atoms with Crippen molar-refractivity contribution >= 4 is 38.0 Å². The second-order valence-corrected chi connectivity index (χ2v) is 6.81. The van der Waals surface area contributed by atoms with E-state index in [1.165, 1.54) is 38.8 Å². The van der Waals surface area contributed by atoms with E-state index in [0.717, 1.165) is 21.9 Å². The van der Waals surface area contributed by atoms with Crippen LogP contribution < -0.4 is 5.32 Å². The van der Waals surface area contributed by atoms with Gasteiger partial charge in [0.15, 0.2) is 5.13 Å². The van der Waals surface area contributed by atoms with Crippen LogP contribution in [-0.2, 0) is 6.54 Å². The number of halogens is 1. The predicted octanol–water partition coefficient (Wildman–Crippen LogP) is 4.73. The molecule has 0 atom stereocenters. The average molecular weight is 292 g/mol. The van der Waals surface area contributed by atoms with E-state index in [-0.39, 0.29) is 5.82 Å². The third kappa shape index (κ3) is 2.62. The van der Waals surface area contributed by atoms with Crippen LogP contribution in [0.4, 0.5) is 9.52 Å². The molecular weight excluding hydrogens is 279 g/mol. The molecule has 0 aliphatic rings. The molecular formula is C14H13FN2S2. The Morgan fingerprint density at radius 2 is 2.05 bits per heavy atom. The summed E-state index contributed by atoms with van der Waals surface area (Å²) < 4.78 is 14.0. The molecule has 2 nitrogen and oxygen atoms in total. The summed E-state index contributed by atoms with van der Waals surface area (Å²) in [5, 5.41) is 4.14. The summed E-state index contributed by atoms with van der Waals surface area (Å²) in [4.78, 5) is 7.09. The third-order valence-corrected chi connectivity index (χ3v) is 5.11. The number of thiazole rings is 1. The number of nitrogens with one attached hydrogen (secondary N) is 1. The molecule has 1 N–H and O–H groups in total. The first-order valence-electron chi connectivity index (χ1n) is 5.98. The van der Waals surface area contributed by atoms with Crippen LogP contribution in [0.15, 0.2) is 24.3 Å². The molecule has 0 fully saturated rings. The molecule has 0 radical (unpaired) electrons. The van der Waals surface area contributed by atoms with Gasteiger partial charge in [-0.05, 0) is 43.7 Å². The van der Waals surface area contributed by atoms with Crippen molar-refractivity contribution in [3.05, 3.63) is 45.4 Å². The summed E-state index contributed by atoms with van der Waals surface area (Å²) in [7, 11) is 0. The molecule has 19 heavy (non-hydrogen) atoms. The van der Waals surface area contributed by atoms with Gasteiger partial charge in [0.05, 0.1) is 16.8 Å². The van der Waals surface area contributed by atoms with Gasteiger partial charge in [0.2, 0.25) is 0 Å². The van der Waals surface area contributed by atoms with Crippen molar-refractivity contribution < 1.29 is 4.39 Å². The molecule has 0 amide bonds. The largest absolute Gasteiger partial charge is 0.357 e. The SMILES string of the molecule is Cc1cc(CNc2nc3ccc(F)cc3s2)sc1C. The van der Waals surface area contributed by atoms with Crippen LogP contribution >= 0.6 is 22.7 Å². The first kappa shape index (κ1) is 12.6. The lowest BCUT2D eigenvalue weighted by Crippen LogP contribution is -1.96. The van der Waals surface area contributed by atoms with Crippen molar-refractivity contribution in [1.29, 1.82) is 0 Å². The second-order valence-electron chi connectivity index (χ2n) is 4.44. The maximum absolute atomic E-state index is 13.1. The van der Waals surface area contributed by atoms with Crippen molar-refractivity contribution in [2.24, 2.45) is 0 Å². The summed E-state index contributed by atoms with van der Waals surface area (Å²) in [5.41, 5.74) is 2.17. The highest BCUT2D eigenvalue weighted by Gasteiger charge is 2.06. The molecule has 0 bridgehead atoms. The van der Waals surface area contributed by atoms with E-state index in [4.69, 9.17) is 0 Å². The summed E-state index contributed by atoms with van der Waals surface area (Å²) in [6, 6.07) is 6.88. The number of nitrogens with zero attached hydrogens (tertiary/aromatic N) is 1. The number of fused-ring (bicyclic) bond motifs is 1. The Kier molecular flexibility index (Phi) is 3.24. The normalized spacial score (nSPS) is 11.1. The lowest BCUT2D eigenvalue weighted by Gasteiger charge is -1.98. The van der Waals surface area contributed by atoms with Gasteiger partial charge in [0.1, 0.15) is 5.82 Å². The van der Waals surface area contributed by atoms with Gasteiger partial charge in [-0.1, -0.05) is 11.3 Å². The lowest BCUT2D eigenvalue weighted by atomic mass is 10.3. The Morgan fingerprint density at radius 1 is 1.21 bits per heavy atom. The van der Waals surface area contributed by atoms with Crippen LogP contribution in [0.25, 0.3) is 10.2 Å². The Balaban J connectivity index is 1.78. The fourth-order valence-electron chi connectivity index (χ4n) is 1.87.